The minimum atomic E-state index is -0.411. The van der Waals surface area contributed by atoms with Gasteiger partial charge in [-0.25, -0.2) is 0 Å². The van der Waals surface area contributed by atoms with Crippen LogP contribution in [0.2, 0.25) is 0 Å². The van der Waals surface area contributed by atoms with Crippen molar-refractivity contribution in [3.05, 3.63) is 0 Å². The fourth-order valence-corrected chi connectivity index (χ4v) is 2.90. The molecular weight excluding hydrogens is 216 g/mol. The third kappa shape index (κ3) is 3.65. The number of hydrogen-bond acceptors (Lipinski definition) is 4. The Hall–Kier alpha value is -0.160. The van der Waals surface area contributed by atoms with Gasteiger partial charge in [-0.3, -0.25) is 0 Å². The van der Waals surface area contributed by atoms with Gasteiger partial charge in [0.05, 0.1) is 12.7 Å². The maximum atomic E-state index is 5.82. The van der Waals surface area contributed by atoms with E-state index in [4.69, 9.17) is 15.2 Å². The Bertz CT molecular complexity index is 246. The predicted octanol–water partition coefficient (Wildman–Crippen LogP) is 1.24. The third-order valence-electron chi connectivity index (χ3n) is 3.89. The first-order chi connectivity index (χ1) is 8.11. The van der Waals surface area contributed by atoms with Gasteiger partial charge in [0, 0.05) is 12.6 Å². The van der Waals surface area contributed by atoms with Crippen molar-refractivity contribution in [2.45, 2.75) is 57.5 Å². The zero-order valence-corrected chi connectivity index (χ0v) is 11.1. The molecule has 0 aromatic rings. The number of nitrogens with one attached hydrogen (secondary N) is 1. The van der Waals surface area contributed by atoms with Crippen LogP contribution in [-0.2, 0) is 9.47 Å². The number of hydrogen-bond donors (Lipinski definition) is 2. The van der Waals surface area contributed by atoms with Crippen molar-refractivity contribution in [1.29, 1.82) is 0 Å². The first-order valence-electron chi connectivity index (χ1n) is 6.86. The molecule has 0 spiro atoms. The lowest BCUT2D eigenvalue weighted by molar-refractivity contribution is -0.138. The van der Waals surface area contributed by atoms with Crippen molar-refractivity contribution in [3.8, 4) is 0 Å². The van der Waals surface area contributed by atoms with E-state index >= 15 is 0 Å². The van der Waals surface area contributed by atoms with Crippen LogP contribution in [0.5, 0.6) is 0 Å². The summed E-state index contributed by atoms with van der Waals surface area (Å²) in [5.74, 6) is 0.228. The minimum absolute atomic E-state index is 0.186. The first-order valence-corrected chi connectivity index (χ1v) is 6.86. The molecular formula is C13H26N2O2. The lowest BCUT2D eigenvalue weighted by Gasteiger charge is -2.32. The average Bonchev–Trinajstić information content (AvgIpc) is 2.67. The lowest BCUT2D eigenvalue weighted by atomic mass is 9.84. The molecule has 1 aliphatic carbocycles. The fourth-order valence-electron chi connectivity index (χ4n) is 2.90. The Labute approximate surface area is 104 Å². The molecule has 17 heavy (non-hydrogen) atoms. The standard InChI is InChI=1S/C13H26N2O2/c1-13(2)16-9-11(17-13)8-15-12-6-4-3-5-10(12)7-14/h10-12,15H,3-9,14H2,1-2H3. The van der Waals surface area contributed by atoms with E-state index in [9.17, 15) is 0 Å². The van der Waals surface area contributed by atoms with Crippen LogP contribution in [-0.4, -0.2) is 37.6 Å². The highest BCUT2D eigenvalue weighted by Gasteiger charge is 2.33. The van der Waals surface area contributed by atoms with E-state index in [0.717, 1.165) is 13.1 Å². The summed E-state index contributed by atoms with van der Waals surface area (Å²) in [5, 5.41) is 3.62. The summed E-state index contributed by atoms with van der Waals surface area (Å²) in [4.78, 5) is 0. The summed E-state index contributed by atoms with van der Waals surface area (Å²) >= 11 is 0. The Morgan fingerprint density at radius 1 is 1.29 bits per heavy atom. The fraction of sp³-hybridized carbons (Fsp3) is 1.00. The quantitative estimate of drug-likeness (QED) is 0.779. The maximum absolute atomic E-state index is 5.82. The van der Waals surface area contributed by atoms with Gasteiger partial charge < -0.3 is 20.5 Å². The van der Waals surface area contributed by atoms with Crippen molar-refractivity contribution < 1.29 is 9.47 Å². The van der Waals surface area contributed by atoms with Crippen LogP contribution in [0.15, 0.2) is 0 Å². The molecule has 0 amide bonds. The molecule has 2 aliphatic rings. The van der Waals surface area contributed by atoms with Crippen LogP contribution in [0, 0.1) is 5.92 Å². The molecule has 0 aromatic heterocycles. The van der Waals surface area contributed by atoms with Gasteiger partial charge in [0.2, 0.25) is 0 Å². The first kappa shape index (κ1) is 13.3. The number of rotatable bonds is 4. The molecule has 2 rings (SSSR count). The van der Waals surface area contributed by atoms with Gasteiger partial charge in [0.25, 0.3) is 0 Å². The van der Waals surface area contributed by atoms with Crippen molar-refractivity contribution >= 4 is 0 Å². The molecule has 100 valence electrons. The van der Waals surface area contributed by atoms with Gasteiger partial charge in [-0.15, -0.1) is 0 Å². The zero-order chi connectivity index (χ0) is 12.3. The summed E-state index contributed by atoms with van der Waals surface area (Å²) < 4.78 is 11.4. The second-order valence-electron chi connectivity index (χ2n) is 5.75. The van der Waals surface area contributed by atoms with E-state index in [1.165, 1.54) is 25.7 Å². The molecule has 2 fully saturated rings. The second-order valence-corrected chi connectivity index (χ2v) is 5.75. The molecule has 3 N–H and O–H groups in total. The summed E-state index contributed by atoms with van der Waals surface area (Å²) in [6, 6.07) is 0.570. The molecule has 4 nitrogen and oxygen atoms in total. The molecule has 1 aliphatic heterocycles. The highest BCUT2D eigenvalue weighted by Crippen LogP contribution is 2.25. The van der Waals surface area contributed by atoms with Crippen LogP contribution in [0.4, 0.5) is 0 Å². The largest absolute Gasteiger partial charge is 0.348 e. The molecule has 3 unspecified atom stereocenters. The SMILES string of the molecule is CC1(C)OCC(CNC2CCCCC2CN)O1. The number of nitrogens with two attached hydrogens (primary N) is 1. The molecule has 4 heteroatoms. The topological polar surface area (TPSA) is 56.5 Å². The van der Waals surface area contributed by atoms with E-state index in [0.29, 0.717) is 18.6 Å². The van der Waals surface area contributed by atoms with Gasteiger partial charge in [0.1, 0.15) is 0 Å². The maximum Gasteiger partial charge on any atom is 0.163 e. The van der Waals surface area contributed by atoms with Crippen LogP contribution in [0.1, 0.15) is 39.5 Å². The second kappa shape index (κ2) is 5.65. The third-order valence-corrected chi connectivity index (χ3v) is 3.89. The Morgan fingerprint density at radius 2 is 2.06 bits per heavy atom. The number of ether oxygens (including phenoxy) is 2. The monoisotopic (exact) mass is 242 g/mol. The van der Waals surface area contributed by atoms with Crippen LogP contribution in [0.25, 0.3) is 0 Å². The highest BCUT2D eigenvalue weighted by molar-refractivity contribution is 4.83. The minimum Gasteiger partial charge on any atom is -0.348 e. The van der Waals surface area contributed by atoms with E-state index in [-0.39, 0.29) is 6.10 Å². The summed E-state index contributed by atoms with van der Waals surface area (Å²) in [7, 11) is 0. The van der Waals surface area contributed by atoms with Crippen LogP contribution < -0.4 is 11.1 Å². The molecule has 0 radical (unpaired) electrons. The molecule has 0 bridgehead atoms. The van der Waals surface area contributed by atoms with E-state index in [1.807, 2.05) is 13.8 Å². The van der Waals surface area contributed by atoms with Gasteiger partial charge in [0.15, 0.2) is 5.79 Å². The van der Waals surface area contributed by atoms with Gasteiger partial charge >= 0.3 is 0 Å². The summed E-state index contributed by atoms with van der Waals surface area (Å²) in [6.07, 6.45) is 5.35. The molecule has 3 atom stereocenters. The molecule has 0 aromatic carbocycles. The van der Waals surface area contributed by atoms with E-state index < -0.39 is 5.79 Å². The van der Waals surface area contributed by atoms with Crippen LogP contribution >= 0.6 is 0 Å². The van der Waals surface area contributed by atoms with Gasteiger partial charge in [-0.1, -0.05) is 12.8 Å². The normalized spacial score (nSPS) is 37.2. The van der Waals surface area contributed by atoms with Crippen LogP contribution in [0.3, 0.4) is 0 Å². The highest BCUT2D eigenvalue weighted by atomic mass is 16.7. The smallest absolute Gasteiger partial charge is 0.163 e. The Balaban J connectivity index is 1.74. The molecule has 1 saturated carbocycles. The van der Waals surface area contributed by atoms with Crippen molar-refractivity contribution in [2.75, 3.05) is 19.7 Å². The molecule has 1 heterocycles. The Kier molecular flexibility index (Phi) is 4.42. The Morgan fingerprint density at radius 3 is 2.71 bits per heavy atom. The molecule has 1 saturated heterocycles. The van der Waals surface area contributed by atoms with E-state index in [1.54, 1.807) is 0 Å². The summed E-state index contributed by atoms with van der Waals surface area (Å²) in [5.41, 5.74) is 5.82. The van der Waals surface area contributed by atoms with Crippen molar-refractivity contribution in [3.63, 3.8) is 0 Å². The average molecular weight is 242 g/mol. The van der Waals surface area contributed by atoms with E-state index in [2.05, 4.69) is 5.32 Å². The van der Waals surface area contributed by atoms with Crippen molar-refractivity contribution in [1.82, 2.24) is 5.32 Å². The van der Waals surface area contributed by atoms with Gasteiger partial charge in [-0.2, -0.15) is 0 Å². The zero-order valence-electron chi connectivity index (χ0n) is 11.1. The van der Waals surface area contributed by atoms with Gasteiger partial charge in [-0.05, 0) is 39.2 Å². The lowest BCUT2D eigenvalue weighted by Crippen LogP contribution is -2.45. The predicted molar refractivity (Wildman–Crippen MR) is 67.7 cm³/mol. The van der Waals surface area contributed by atoms with Crippen molar-refractivity contribution in [2.24, 2.45) is 11.7 Å². The summed E-state index contributed by atoms with van der Waals surface area (Å²) in [6.45, 7) is 6.31.